The van der Waals surface area contributed by atoms with Crippen molar-refractivity contribution in [3.63, 3.8) is 0 Å². The summed E-state index contributed by atoms with van der Waals surface area (Å²) in [6, 6.07) is 10.3. The maximum atomic E-state index is 12.8. The number of nitrogens with zero attached hydrogens (tertiary/aromatic N) is 2. The molecule has 0 aliphatic rings. The Morgan fingerprint density at radius 3 is 2.40 bits per heavy atom. The molecule has 0 aliphatic carbocycles. The summed E-state index contributed by atoms with van der Waals surface area (Å²) >= 11 is 0. The second-order valence-electron chi connectivity index (χ2n) is 6.61. The van der Waals surface area contributed by atoms with Crippen LogP contribution in [-0.2, 0) is 17.5 Å². The molecule has 0 heterocycles. The van der Waals surface area contributed by atoms with Gasteiger partial charge in [-0.1, -0.05) is 30.4 Å². The van der Waals surface area contributed by atoms with E-state index in [0.717, 1.165) is 35.2 Å². The fourth-order valence-corrected chi connectivity index (χ4v) is 2.89. The molecule has 4 nitrogen and oxygen atoms in total. The van der Waals surface area contributed by atoms with Crippen molar-refractivity contribution < 1.29 is 22.7 Å². The summed E-state index contributed by atoms with van der Waals surface area (Å²) in [6.45, 7) is 6.04. The summed E-state index contributed by atoms with van der Waals surface area (Å²) in [5, 5.41) is 0. The molecule has 7 heteroatoms. The predicted molar refractivity (Wildman–Crippen MR) is 112 cm³/mol. The maximum Gasteiger partial charge on any atom is 0.416 e. The van der Waals surface area contributed by atoms with E-state index in [1.54, 1.807) is 29.3 Å². The second kappa shape index (κ2) is 10.4. The van der Waals surface area contributed by atoms with Crippen molar-refractivity contribution in [1.29, 1.82) is 0 Å². The van der Waals surface area contributed by atoms with Crippen molar-refractivity contribution in [2.24, 2.45) is 4.99 Å². The summed E-state index contributed by atoms with van der Waals surface area (Å²) in [4.78, 5) is 17.0. The van der Waals surface area contributed by atoms with E-state index >= 15 is 0 Å². The molecule has 30 heavy (non-hydrogen) atoms. The van der Waals surface area contributed by atoms with Crippen molar-refractivity contribution in [2.75, 3.05) is 13.7 Å². The van der Waals surface area contributed by atoms with Gasteiger partial charge >= 0.3 is 6.18 Å². The molecule has 0 aromatic heterocycles. The number of rotatable bonds is 9. The Labute approximate surface area is 174 Å². The molecule has 0 saturated carbocycles. The second-order valence-corrected chi connectivity index (χ2v) is 6.61. The van der Waals surface area contributed by atoms with Crippen molar-refractivity contribution in [1.82, 2.24) is 4.90 Å². The molecule has 2 rings (SSSR count). The van der Waals surface area contributed by atoms with E-state index in [2.05, 4.69) is 11.6 Å². The van der Waals surface area contributed by atoms with E-state index < -0.39 is 11.7 Å². The van der Waals surface area contributed by atoms with Gasteiger partial charge in [-0.2, -0.15) is 13.2 Å². The van der Waals surface area contributed by atoms with Gasteiger partial charge in [0.1, 0.15) is 5.75 Å². The van der Waals surface area contributed by atoms with E-state index in [9.17, 15) is 18.0 Å². The van der Waals surface area contributed by atoms with Crippen LogP contribution < -0.4 is 4.74 Å². The maximum absolute atomic E-state index is 12.8. The number of carbonyl (C=O) groups excluding carboxylic acids is 1. The molecule has 0 spiro atoms. The van der Waals surface area contributed by atoms with Crippen LogP contribution in [0.2, 0.25) is 0 Å². The molecule has 2 aromatic rings. The lowest BCUT2D eigenvalue weighted by Gasteiger charge is -2.20. The minimum Gasteiger partial charge on any atom is -0.496 e. The first kappa shape index (κ1) is 22.9. The van der Waals surface area contributed by atoms with E-state index in [-0.39, 0.29) is 6.54 Å². The zero-order valence-electron chi connectivity index (χ0n) is 16.8. The van der Waals surface area contributed by atoms with Crippen LogP contribution in [0.1, 0.15) is 18.1 Å². The van der Waals surface area contributed by atoms with Gasteiger partial charge < -0.3 is 9.64 Å². The topological polar surface area (TPSA) is 41.9 Å². The van der Waals surface area contributed by atoms with E-state index in [1.807, 2.05) is 13.0 Å². The number of halogens is 3. The SMILES string of the molecule is C=CN=C/C=C(\C)CN(C=O)Cc1cc(-c2ccc(C(F)(F)F)cc2)ccc1OC. The van der Waals surface area contributed by atoms with Crippen LogP contribution in [0.15, 0.2) is 71.9 Å². The number of alkyl halides is 3. The number of ether oxygens (including phenoxy) is 1. The minimum absolute atomic E-state index is 0.283. The van der Waals surface area contributed by atoms with Crippen molar-refractivity contribution in [3.8, 4) is 16.9 Å². The van der Waals surface area contributed by atoms with E-state index in [1.165, 1.54) is 25.4 Å². The van der Waals surface area contributed by atoms with E-state index in [4.69, 9.17) is 4.74 Å². The molecule has 2 aromatic carbocycles. The molecule has 0 unspecified atom stereocenters. The summed E-state index contributed by atoms with van der Waals surface area (Å²) in [6.07, 6.45) is 1.16. The number of hydrogen-bond donors (Lipinski definition) is 0. The molecule has 0 atom stereocenters. The highest BCUT2D eigenvalue weighted by Gasteiger charge is 2.30. The zero-order valence-corrected chi connectivity index (χ0v) is 16.8. The largest absolute Gasteiger partial charge is 0.496 e. The number of methoxy groups -OCH3 is 1. The molecule has 1 amide bonds. The third-order valence-corrected chi connectivity index (χ3v) is 4.35. The van der Waals surface area contributed by atoms with Crippen LogP contribution >= 0.6 is 0 Å². The normalized spacial score (nSPS) is 12.1. The molecule has 0 saturated heterocycles. The lowest BCUT2D eigenvalue weighted by Crippen LogP contribution is -2.23. The van der Waals surface area contributed by atoms with Crippen LogP contribution in [0, 0.1) is 0 Å². The Morgan fingerprint density at radius 1 is 1.17 bits per heavy atom. The Morgan fingerprint density at radius 2 is 1.83 bits per heavy atom. The number of benzene rings is 2. The molecule has 158 valence electrons. The van der Waals surface area contributed by atoms with Crippen molar-refractivity contribution in [3.05, 3.63) is 78.0 Å². The van der Waals surface area contributed by atoms with E-state index in [0.29, 0.717) is 17.9 Å². The number of allylic oxidation sites excluding steroid dienone is 1. The smallest absolute Gasteiger partial charge is 0.416 e. The molecule has 0 fully saturated rings. The quantitative estimate of drug-likeness (QED) is 0.400. The predicted octanol–water partition coefficient (Wildman–Crippen LogP) is 5.50. The highest BCUT2D eigenvalue weighted by Crippen LogP contribution is 2.32. The lowest BCUT2D eigenvalue weighted by atomic mass is 10.0. The van der Waals surface area contributed by atoms with Crippen molar-refractivity contribution >= 4 is 12.6 Å². The third-order valence-electron chi connectivity index (χ3n) is 4.35. The summed E-state index contributed by atoms with van der Waals surface area (Å²) in [7, 11) is 1.53. The van der Waals surface area contributed by atoms with Gasteiger partial charge in [-0.05, 0) is 48.4 Å². The van der Waals surface area contributed by atoms with Gasteiger partial charge in [-0.25, -0.2) is 0 Å². The molecule has 0 N–H and O–H groups in total. The Kier molecular flexibility index (Phi) is 7.98. The van der Waals surface area contributed by atoms with Crippen molar-refractivity contribution in [2.45, 2.75) is 19.6 Å². The Balaban J connectivity index is 2.27. The number of aliphatic imine (C=N–C) groups is 1. The number of amides is 1. The average molecular weight is 416 g/mol. The van der Waals surface area contributed by atoms with Gasteiger partial charge in [-0.15, -0.1) is 0 Å². The lowest BCUT2D eigenvalue weighted by molar-refractivity contribution is -0.137. The fraction of sp³-hybridized carbons (Fsp3) is 0.217. The van der Waals surface area contributed by atoms with Gasteiger partial charge in [0.25, 0.3) is 0 Å². The standard InChI is InChI=1S/C23H23F3N2O2/c1-4-27-12-11-17(2)14-28(16-29)15-20-13-19(7-10-22(20)30-3)18-5-8-21(9-6-18)23(24,25)26/h4-13,16H,1,14-15H2,2-3H3/b17-11+,27-12?. The fourth-order valence-electron chi connectivity index (χ4n) is 2.89. The first-order chi connectivity index (χ1) is 14.3. The zero-order chi connectivity index (χ0) is 22.1. The van der Waals surface area contributed by atoms with Gasteiger partial charge in [0.2, 0.25) is 6.41 Å². The van der Waals surface area contributed by atoms with Gasteiger partial charge in [-0.3, -0.25) is 9.79 Å². The van der Waals surface area contributed by atoms with Crippen LogP contribution in [0.4, 0.5) is 13.2 Å². The monoisotopic (exact) mass is 416 g/mol. The Bertz CT molecular complexity index is 932. The number of hydrogen-bond acceptors (Lipinski definition) is 3. The van der Waals surface area contributed by atoms with Crippen LogP contribution in [0.3, 0.4) is 0 Å². The highest BCUT2D eigenvalue weighted by atomic mass is 19.4. The highest BCUT2D eigenvalue weighted by molar-refractivity contribution is 5.72. The minimum atomic E-state index is -4.38. The first-order valence-electron chi connectivity index (χ1n) is 9.12. The average Bonchev–Trinajstić information content (AvgIpc) is 2.73. The third kappa shape index (κ3) is 6.34. The molecule has 0 aliphatic heterocycles. The molecular formula is C23H23F3N2O2. The first-order valence-corrected chi connectivity index (χ1v) is 9.12. The molecular weight excluding hydrogens is 393 g/mol. The van der Waals surface area contributed by atoms with Gasteiger partial charge in [0.05, 0.1) is 12.7 Å². The van der Waals surface area contributed by atoms with Crippen LogP contribution in [-0.4, -0.2) is 31.2 Å². The number of carbonyl (C=O) groups is 1. The molecule has 0 bridgehead atoms. The summed E-state index contributed by atoms with van der Waals surface area (Å²) in [5.41, 5.74) is 2.34. The van der Waals surface area contributed by atoms with Crippen LogP contribution in [0.25, 0.3) is 11.1 Å². The Hall–Kier alpha value is -3.35. The van der Waals surface area contributed by atoms with Gasteiger partial charge in [0, 0.05) is 31.1 Å². The van der Waals surface area contributed by atoms with Gasteiger partial charge in [0.15, 0.2) is 0 Å². The summed E-state index contributed by atoms with van der Waals surface area (Å²) in [5.74, 6) is 0.590. The molecule has 0 radical (unpaired) electrons. The summed E-state index contributed by atoms with van der Waals surface area (Å²) < 4.78 is 43.8. The van der Waals surface area contributed by atoms with Crippen LogP contribution in [0.5, 0.6) is 5.75 Å².